The largest absolute Gasteiger partial charge is 0.494 e. The maximum absolute atomic E-state index is 13.8. The first-order valence-corrected chi connectivity index (χ1v) is 16.6. The summed E-state index contributed by atoms with van der Waals surface area (Å²) in [4.78, 5) is 51.4. The van der Waals surface area contributed by atoms with Gasteiger partial charge in [0.2, 0.25) is 5.78 Å². The Morgan fingerprint density at radius 3 is 1.98 bits per heavy atom. The molecule has 244 valence electrons. The van der Waals surface area contributed by atoms with E-state index in [-0.39, 0.29) is 23.9 Å². The van der Waals surface area contributed by atoms with Gasteiger partial charge in [-0.3, -0.25) is 19.4 Å². The zero-order valence-corrected chi connectivity index (χ0v) is 28.1. The lowest BCUT2D eigenvalue weighted by atomic mass is 9.94. The number of hydrogen-bond donors (Lipinski definition) is 0. The topological polar surface area (TPSA) is 94.8 Å². The molecule has 0 unspecified atom stereocenters. The number of fused-ring (bicyclic) bond motifs is 3. The third-order valence-corrected chi connectivity index (χ3v) is 8.30. The van der Waals surface area contributed by atoms with Crippen molar-refractivity contribution >= 4 is 51.7 Å². The molecule has 1 aliphatic rings. The summed E-state index contributed by atoms with van der Waals surface area (Å²) in [6, 6.07) is 18.9. The van der Waals surface area contributed by atoms with Crippen LogP contribution in [0.1, 0.15) is 106 Å². The van der Waals surface area contributed by atoms with E-state index in [9.17, 15) is 14.4 Å². The second-order valence-corrected chi connectivity index (χ2v) is 11.4. The summed E-state index contributed by atoms with van der Waals surface area (Å²) in [5, 5.41) is 1.86. The SMILES string of the molecule is C=O.CC.CCCCOc1ccc(C(=O)c2ccc3c(c2)c2cc(C(=O)C(CC4CCCC4)=NCC(C)=O)ccc2n3CC)cc1. The number of carbonyl (C=O) groups is 4. The van der Waals surface area contributed by atoms with Gasteiger partial charge in [-0.05, 0) is 93.3 Å². The molecule has 0 saturated heterocycles. The fourth-order valence-corrected chi connectivity index (χ4v) is 6.02. The molecule has 0 amide bonds. The Balaban J connectivity index is 0.00000139. The van der Waals surface area contributed by atoms with E-state index in [1.54, 1.807) is 0 Å². The van der Waals surface area contributed by atoms with Crippen LogP contribution in [0, 0.1) is 5.92 Å². The summed E-state index contributed by atoms with van der Waals surface area (Å²) in [5.41, 5.74) is 4.29. The highest BCUT2D eigenvalue weighted by atomic mass is 16.5. The van der Waals surface area contributed by atoms with Gasteiger partial charge in [0.15, 0.2) is 11.6 Å². The van der Waals surface area contributed by atoms with Crippen molar-refractivity contribution in [1.82, 2.24) is 4.57 Å². The van der Waals surface area contributed by atoms with Crippen molar-refractivity contribution < 1.29 is 23.9 Å². The molecule has 4 aromatic rings. The van der Waals surface area contributed by atoms with Crippen LogP contribution in [0.3, 0.4) is 0 Å². The number of aromatic nitrogens is 1. The number of Topliss-reactive ketones (excluding diaryl/α,β-unsaturated/α-hetero) is 2. The maximum atomic E-state index is 13.8. The number of ether oxygens (including phenoxy) is 1. The first kappa shape index (κ1) is 36.1. The molecule has 0 atom stereocenters. The van der Waals surface area contributed by atoms with Gasteiger partial charge in [0.05, 0.1) is 18.9 Å². The highest BCUT2D eigenvalue weighted by Crippen LogP contribution is 2.33. The van der Waals surface area contributed by atoms with Crippen LogP contribution in [-0.4, -0.2) is 47.6 Å². The Morgan fingerprint density at radius 2 is 1.41 bits per heavy atom. The van der Waals surface area contributed by atoms with Gasteiger partial charge < -0.3 is 14.1 Å². The third kappa shape index (κ3) is 8.65. The molecule has 0 N–H and O–H groups in total. The minimum absolute atomic E-state index is 0.0303. The van der Waals surface area contributed by atoms with Gasteiger partial charge in [-0.2, -0.15) is 0 Å². The fraction of sp³-hybridized carbons (Fsp3) is 0.410. The van der Waals surface area contributed by atoms with E-state index in [4.69, 9.17) is 9.53 Å². The molecule has 0 aliphatic heterocycles. The highest BCUT2D eigenvalue weighted by molar-refractivity contribution is 6.46. The monoisotopic (exact) mass is 624 g/mol. The predicted molar refractivity (Wildman–Crippen MR) is 188 cm³/mol. The first-order chi connectivity index (χ1) is 22.4. The van der Waals surface area contributed by atoms with Gasteiger partial charge in [0.25, 0.3) is 0 Å². The third-order valence-electron chi connectivity index (χ3n) is 8.30. The fourth-order valence-electron chi connectivity index (χ4n) is 6.02. The molecule has 46 heavy (non-hydrogen) atoms. The molecule has 1 heterocycles. The van der Waals surface area contributed by atoms with Crippen LogP contribution in [0.15, 0.2) is 65.7 Å². The number of carbonyl (C=O) groups excluding carboxylic acids is 4. The number of ketones is 3. The lowest BCUT2D eigenvalue weighted by Gasteiger charge is -2.12. The second-order valence-electron chi connectivity index (χ2n) is 11.4. The van der Waals surface area contributed by atoms with E-state index in [1.807, 2.05) is 81.3 Å². The number of aryl methyl sites for hydroxylation is 1. The Kier molecular flexibility index (Phi) is 14.1. The summed E-state index contributed by atoms with van der Waals surface area (Å²) in [6.45, 7) is 13.2. The van der Waals surface area contributed by atoms with Gasteiger partial charge in [-0.25, -0.2) is 0 Å². The Labute approximate surface area is 273 Å². The number of unbranched alkanes of at least 4 members (excludes halogenated alkanes) is 1. The van der Waals surface area contributed by atoms with Gasteiger partial charge in [-0.1, -0.05) is 52.9 Å². The lowest BCUT2D eigenvalue weighted by molar-refractivity contribution is -0.115. The van der Waals surface area contributed by atoms with Crippen molar-refractivity contribution in [2.24, 2.45) is 10.9 Å². The van der Waals surface area contributed by atoms with Crippen molar-refractivity contribution in [2.45, 2.75) is 86.1 Å². The lowest BCUT2D eigenvalue weighted by Crippen LogP contribution is -2.19. The summed E-state index contributed by atoms with van der Waals surface area (Å²) < 4.78 is 7.96. The van der Waals surface area contributed by atoms with E-state index in [0.717, 1.165) is 59.8 Å². The van der Waals surface area contributed by atoms with Crippen molar-refractivity contribution in [3.05, 3.63) is 77.4 Å². The van der Waals surface area contributed by atoms with Crippen molar-refractivity contribution in [3.8, 4) is 5.75 Å². The standard InChI is InChI=1S/C36H40N2O4.C2H6.CH2O/c1-4-6-19-42-29-15-11-26(12-16-29)35(40)27-13-17-33-30(21-27)31-22-28(14-18-34(31)38(33)5-2)36(41)32(37-23-24(3)39)20-25-9-7-8-10-25;2*1-2/h11-18,21-22,25H,4-10,19-20,23H2,1-3H3;1-2H3;1H2. The number of benzene rings is 3. The molecule has 1 aliphatic carbocycles. The maximum Gasteiger partial charge on any atom is 0.206 e. The minimum atomic E-state index is -0.115. The molecule has 5 rings (SSSR count). The first-order valence-electron chi connectivity index (χ1n) is 16.6. The van der Waals surface area contributed by atoms with Crippen LogP contribution in [0.2, 0.25) is 0 Å². The molecule has 3 aromatic carbocycles. The van der Waals surface area contributed by atoms with Crippen LogP contribution >= 0.6 is 0 Å². The van der Waals surface area contributed by atoms with Crippen molar-refractivity contribution in [1.29, 1.82) is 0 Å². The average Bonchev–Trinajstić information content (AvgIpc) is 3.73. The Morgan fingerprint density at radius 1 is 0.848 bits per heavy atom. The quantitative estimate of drug-likeness (QED) is 0.0841. The summed E-state index contributed by atoms with van der Waals surface area (Å²) in [6.07, 6.45) is 7.23. The highest BCUT2D eigenvalue weighted by Gasteiger charge is 2.23. The minimum Gasteiger partial charge on any atom is -0.494 e. The molecule has 0 bridgehead atoms. The smallest absolute Gasteiger partial charge is 0.206 e. The van der Waals surface area contributed by atoms with Gasteiger partial charge in [-0.15, -0.1) is 0 Å². The zero-order valence-electron chi connectivity index (χ0n) is 28.1. The number of hydrogen-bond acceptors (Lipinski definition) is 6. The van der Waals surface area contributed by atoms with E-state index in [0.29, 0.717) is 41.3 Å². The van der Waals surface area contributed by atoms with E-state index >= 15 is 0 Å². The van der Waals surface area contributed by atoms with E-state index in [1.165, 1.54) is 19.8 Å². The summed E-state index contributed by atoms with van der Waals surface area (Å²) >= 11 is 0. The zero-order chi connectivity index (χ0) is 33.6. The van der Waals surface area contributed by atoms with E-state index in [2.05, 4.69) is 23.4 Å². The van der Waals surface area contributed by atoms with Crippen molar-refractivity contribution in [3.63, 3.8) is 0 Å². The molecule has 0 spiro atoms. The molecular formula is C39H48N2O5. The number of rotatable bonds is 13. The molecule has 7 heteroatoms. The van der Waals surface area contributed by atoms with Gasteiger partial charge in [0, 0.05) is 45.0 Å². The van der Waals surface area contributed by atoms with Gasteiger partial charge in [0.1, 0.15) is 12.5 Å². The molecule has 0 radical (unpaired) electrons. The second kappa shape index (κ2) is 17.9. The normalized spacial score (nSPS) is 13.1. The van der Waals surface area contributed by atoms with Crippen LogP contribution in [0.25, 0.3) is 21.8 Å². The molecule has 7 nitrogen and oxygen atoms in total. The van der Waals surface area contributed by atoms with Crippen LogP contribution in [-0.2, 0) is 16.1 Å². The van der Waals surface area contributed by atoms with Gasteiger partial charge >= 0.3 is 0 Å². The van der Waals surface area contributed by atoms with Crippen LogP contribution in [0.4, 0.5) is 0 Å². The molecule has 1 saturated carbocycles. The van der Waals surface area contributed by atoms with Crippen LogP contribution in [0.5, 0.6) is 5.75 Å². The number of nitrogens with zero attached hydrogens (tertiary/aromatic N) is 2. The molecule has 1 fully saturated rings. The molecular weight excluding hydrogens is 576 g/mol. The summed E-state index contributed by atoms with van der Waals surface area (Å²) in [7, 11) is 0. The van der Waals surface area contributed by atoms with E-state index < -0.39 is 0 Å². The number of aliphatic imine (C=N–C) groups is 1. The van der Waals surface area contributed by atoms with Crippen molar-refractivity contribution in [2.75, 3.05) is 13.2 Å². The Hall–Kier alpha value is -4.39. The van der Waals surface area contributed by atoms with Crippen LogP contribution < -0.4 is 4.74 Å². The summed E-state index contributed by atoms with van der Waals surface area (Å²) in [5.74, 6) is 0.977. The average molecular weight is 625 g/mol. The predicted octanol–water partition coefficient (Wildman–Crippen LogP) is 8.86. The Bertz CT molecular complexity index is 1660. The molecule has 1 aromatic heterocycles.